The number of nitrogens with zero attached hydrogens (tertiary/aromatic N) is 2. The van der Waals surface area contributed by atoms with Gasteiger partial charge in [-0.15, -0.1) is 0 Å². The number of ether oxygens (including phenoxy) is 2. The molecule has 1 heterocycles. The topological polar surface area (TPSA) is 72.2 Å². The first kappa shape index (κ1) is 18.5. The Morgan fingerprint density at radius 3 is 2.72 bits per heavy atom. The second-order valence-electron chi connectivity index (χ2n) is 5.68. The van der Waals surface area contributed by atoms with Crippen molar-refractivity contribution in [2.75, 3.05) is 13.7 Å². The van der Waals surface area contributed by atoms with Crippen LogP contribution in [-0.2, 0) is 16.0 Å². The molecule has 2 rings (SSSR count). The number of rotatable bonds is 9. The number of hydrogen-bond donors (Lipinski definition) is 0. The first-order chi connectivity index (χ1) is 12.2. The maximum Gasteiger partial charge on any atom is 0.305 e. The van der Waals surface area contributed by atoms with Crippen molar-refractivity contribution in [1.29, 1.82) is 5.26 Å². The lowest BCUT2D eigenvalue weighted by molar-refractivity contribution is -0.140. The molecule has 0 aliphatic rings. The van der Waals surface area contributed by atoms with Gasteiger partial charge in [0.1, 0.15) is 5.75 Å². The summed E-state index contributed by atoms with van der Waals surface area (Å²) in [5, 5.41) is 9.41. The van der Waals surface area contributed by atoms with Crippen LogP contribution in [0.2, 0.25) is 0 Å². The van der Waals surface area contributed by atoms with Gasteiger partial charge in [0.15, 0.2) is 0 Å². The van der Waals surface area contributed by atoms with E-state index in [1.807, 2.05) is 36.4 Å². The number of aromatic nitrogens is 1. The van der Waals surface area contributed by atoms with Crippen molar-refractivity contribution in [2.45, 2.75) is 31.6 Å². The highest BCUT2D eigenvalue weighted by Crippen LogP contribution is 2.21. The molecule has 1 aromatic heterocycles. The quantitative estimate of drug-likeness (QED) is 0.515. The van der Waals surface area contributed by atoms with Gasteiger partial charge in [-0.2, -0.15) is 5.26 Å². The molecular formula is C20H22N2O3. The third-order valence-corrected chi connectivity index (χ3v) is 3.92. The summed E-state index contributed by atoms with van der Waals surface area (Å²) in [5.74, 6) is 0.366. The Morgan fingerprint density at radius 2 is 2.08 bits per heavy atom. The van der Waals surface area contributed by atoms with Crippen molar-refractivity contribution in [3.8, 4) is 11.8 Å². The molecule has 0 aliphatic carbocycles. The monoisotopic (exact) mass is 338 g/mol. The van der Waals surface area contributed by atoms with E-state index in [9.17, 15) is 10.1 Å². The van der Waals surface area contributed by atoms with Crippen LogP contribution in [0.4, 0.5) is 0 Å². The summed E-state index contributed by atoms with van der Waals surface area (Å²) in [6.07, 6.45) is 5.91. The minimum absolute atomic E-state index is 0.160. The third kappa shape index (κ3) is 6.27. The summed E-state index contributed by atoms with van der Waals surface area (Å²) in [5.41, 5.74) is 2.05. The van der Waals surface area contributed by atoms with Crippen LogP contribution in [-0.4, -0.2) is 24.7 Å². The molecule has 5 nitrogen and oxygen atoms in total. The van der Waals surface area contributed by atoms with Crippen molar-refractivity contribution in [2.24, 2.45) is 0 Å². The van der Waals surface area contributed by atoms with E-state index >= 15 is 0 Å². The zero-order valence-electron chi connectivity index (χ0n) is 14.4. The zero-order chi connectivity index (χ0) is 17.9. The van der Waals surface area contributed by atoms with Crippen LogP contribution in [0.5, 0.6) is 5.75 Å². The van der Waals surface area contributed by atoms with E-state index in [4.69, 9.17) is 4.74 Å². The van der Waals surface area contributed by atoms with Crippen LogP contribution in [0.3, 0.4) is 0 Å². The molecule has 1 aromatic carbocycles. The lowest BCUT2D eigenvalue weighted by atomic mass is 9.94. The van der Waals surface area contributed by atoms with E-state index in [1.54, 1.807) is 12.4 Å². The van der Waals surface area contributed by atoms with Gasteiger partial charge in [-0.25, -0.2) is 0 Å². The van der Waals surface area contributed by atoms with Crippen molar-refractivity contribution < 1.29 is 14.3 Å². The van der Waals surface area contributed by atoms with Crippen molar-refractivity contribution in [1.82, 2.24) is 4.98 Å². The Kier molecular flexibility index (Phi) is 7.45. The van der Waals surface area contributed by atoms with Gasteiger partial charge in [-0.1, -0.05) is 24.3 Å². The number of nitriles is 1. The number of pyridine rings is 1. The largest absolute Gasteiger partial charge is 0.492 e. The Balaban J connectivity index is 1.79. The first-order valence-corrected chi connectivity index (χ1v) is 8.31. The fourth-order valence-electron chi connectivity index (χ4n) is 2.48. The van der Waals surface area contributed by atoms with E-state index in [0.717, 1.165) is 29.7 Å². The molecule has 1 atom stereocenters. The van der Waals surface area contributed by atoms with E-state index in [1.165, 1.54) is 7.11 Å². The average Bonchev–Trinajstić information content (AvgIpc) is 2.67. The fourth-order valence-corrected chi connectivity index (χ4v) is 2.48. The molecule has 0 N–H and O–H groups in total. The highest BCUT2D eigenvalue weighted by molar-refractivity contribution is 5.69. The fraction of sp³-hybridized carbons (Fsp3) is 0.350. The van der Waals surface area contributed by atoms with Crippen LogP contribution in [0.25, 0.3) is 0 Å². The van der Waals surface area contributed by atoms with E-state index in [-0.39, 0.29) is 11.9 Å². The normalized spacial score (nSPS) is 11.4. The Morgan fingerprint density at radius 1 is 1.28 bits per heavy atom. The number of benzene rings is 1. The minimum atomic E-state index is -0.215. The molecule has 0 spiro atoms. The molecule has 2 aromatic rings. The van der Waals surface area contributed by atoms with E-state index < -0.39 is 0 Å². The molecule has 0 fully saturated rings. The van der Waals surface area contributed by atoms with Gasteiger partial charge in [0.2, 0.25) is 0 Å². The number of hydrogen-bond acceptors (Lipinski definition) is 5. The first-order valence-electron chi connectivity index (χ1n) is 8.31. The van der Waals surface area contributed by atoms with Crippen molar-refractivity contribution in [3.63, 3.8) is 0 Å². The molecule has 25 heavy (non-hydrogen) atoms. The lowest BCUT2D eigenvalue weighted by Crippen LogP contribution is -2.03. The van der Waals surface area contributed by atoms with Crippen molar-refractivity contribution >= 4 is 5.97 Å². The van der Waals surface area contributed by atoms with Gasteiger partial charge < -0.3 is 9.47 Å². The number of carbonyl (C=O) groups is 1. The Bertz CT molecular complexity index is 693. The molecule has 130 valence electrons. The molecule has 0 amide bonds. The molecule has 5 heteroatoms. The highest BCUT2D eigenvalue weighted by Gasteiger charge is 2.11. The molecule has 0 aliphatic heterocycles. The standard InChI is InChI=1S/C20H22N2O3/c1-24-20(23)11-8-16-6-9-17(10-7-16)18(14-21)4-3-13-25-19-5-2-12-22-15-19/h2,5-7,9-10,12,15,18H,3-4,8,11,13H2,1H3. The molecule has 0 saturated heterocycles. The van der Waals surface area contributed by atoms with Crippen LogP contribution >= 0.6 is 0 Å². The van der Waals surface area contributed by atoms with Gasteiger partial charge in [0.25, 0.3) is 0 Å². The summed E-state index contributed by atoms with van der Waals surface area (Å²) in [7, 11) is 1.39. The van der Waals surface area contributed by atoms with Gasteiger partial charge in [0.05, 0.1) is 31.9 Å². The summed E-state index contributed by atoms with van der Waals surface area (Å²) in [4.78, 5) is 15.2. The van der Waals surface area contributed by atoms with Gasteiger partial charge in [0, 0.05) is 12.6 Å². The van der Waals surface area contributed by atoms with E-state index in [0.29, 0.717) is 19.4 Å². The Hall–Kier alpha value is -2.87. The molecule has 0 saturated carbocycles. The highest BCUT2D eigenvalue weighted by atomic mass is 16.5. The van der Waals surface area contributed by atoms with Crippen LogP contribution < -0.4 is 4.74 Å². The smallest absolute Gasteiger partial charge is 0.305 e. The zero-order valence-corrected chi connectivity index (χ0v) is 14.4. The lowest BCUT2D eigenvalue weighted by Gasteiger charge is -2.11. The second kappa shape index (κ2) is 10.1. The van der Waals surface area contributed by atoms with Gasteiger partial charge in [-0.3, -0.25) is 9.78 Å². The van der Waals surface area contributed by atoms with Crippen LogP contribution in [0.1, 0.15) is 36.3 Å². The number of carbonyl (C=O) groups excluding carboxylic acids is 1. The molecular weight excluding hydrogens is 316 g/mol. The van der Waals surface area contributed by atoms with E-state index in [2.05, 4.69) is 15.8 Å². The Labute approximate surface area is 148 Å². The summed E-state index contributed by atoms with van der Waals surface area (Å²) < 4.78 is 10.2. The second-order valence-corrected chi connectivity index (χ2v) is 5.68. The predicted octanol–water partition coefficient (Wildman–Crippen LogP) is 3.65. The maximum absolute atomic E-state index is 11.2. The van der Waals surface area contributed by atoms with Gasteiger partial charge in [-0.05, 0) is 42.5 Å². The summed E-state index contributed by atoms with van der Waals surface area (Å²) in [6.45, 7) is 0.557. The summed E-state index contributed by atoms with van der Waals surface area (Å²) in [6, 6.07) is 13.9. The summed E-state index contributed by atoms with van der Waals surface area (Å²) >= 11 is 0. The minimum Gasteiger partial charge on any atom is -0.492 e. The predicted molar refractivity (Wildman–Crippen MR) is 94.1 cm³/mol. The SMILES string of the molecule is COC(=O)CCc1ccc(C(C#N)CCCOc2cccnc2)cc1. The number of esters is 1. The third-order valence-electron chi connectivity index (χ3n) is 3.92. The molecule has 0 bridgehead atoms. The van der Waals surface area contributed by atoms with Gasteiger partial charge >= 0.3 is 5.97 Å². The average molecular weight is 338 g/mol. The number of methoxy groups -OCH3 is 1. The molecule has 0 radical (unpaired) electrons. The van der Waals surface area contributed by atoms with Crippen LogP contribution in [0, 0.1) is 11.3 Å². The molecule has 1 unspecified atom stereocenters. The van der Waals surface area contributed by atoms with Crippen LogP contribution in [0.15, 0.2) is 48.8 Å². The number of aryl methyl sites for hydroxylation is 1. The maximum atomic E-state index is 11.2. The van der Waals surface area contributed by atoms with Crippen molar-refractivity contribution in [3.05, 3.63) is 59.9 Å².